The molecule has 2 rings (SSSR count). The number of rotatable bonds is 5. The highest BCUT2D eigenvalue weighted by atomic mass is 35.5. The number of halogens is 2. The van der Waals surface area contributed by atoms with Crippen molar-refractivity contribution in [2.45, 2.75) is 51.5 Å². The van der Waals surface area contributed by atoms with Crippen molar-refractivity contribution in [2.24, 2.45) is 0 Å². The molecular weight excluding hydrogens is 329 g/mol. The molecule has 0 spiro atoms. The lowest BCUT2D eigenvalue weighted by Crippen LogP contribution is -2.37. The van der Waals surface area contributed by atoms with Crippen LogP contribution in [0.1, 0.15) is 58.9 Å². The maximum atomic E-state index is 12.1. The zero-order valence-electron chi connectivity index (χ0n) is 12.8. The maximum Gasteiger partial charge on any atom is 0.263 e. The normalized spacial score (nSPS) is 16.0. The first kappa shape index (κ1) is 20.6. The number of carbonyl (C=O) groups excluding carboxylic acids is 1. The number of thiazole rings is 1. The molecule has 122 valence electrons. The van der Waals surface area contributed by atoms with Crippen molar-refractivity contribution in [3.8, 4) is 0 Å². The van der Waals surface area contributed by atoms with Gasteiger partial charge in [-0.25, -0.2) is 4.98 Å². The molecule has 1 unspecified atom stereocenters. The summed E-state index contributed by atoms with van der Waals surface area (Å²) in [5, 5.41) is 7.23. The topological polar surface area (TPSA) is 54.0 Å². The van der Waals surface area contributed by atoms with Crippen LogP contribution in [0, 0.1) is 6.92 Å². The summed E-state index contributed by atoms with van der Waals surface area (Å²) < 4.78 is 0. The Morgan fingerprint density at radius 3 is 2.57 bits per heavy atom. The van der Waals surface area contributed by atoms with Gasteiger partial charge in [-0.05, 0) is 33.7 Å². The third-order valence-corrected chi connectivity index (χ3v) is 5.10. The van der Waals surface area contributed by atoms with E-state index in [1.54, 1.807) is 11.3 Å². The molecule has 4 nitrogen and oxygen atoms in total. The van der Waals surface area contributed by atoms with Gasteiger partial charge in [-0.2, -0.15) is 0 Å². The van der Waals surface area contributed by atoms with E-state index in [1.165, 1.54) is 25.7 Å². The molecule has 0 bridgehead atoms. The average Bonchev–Trinajstić information content (AvgIpc) is 3.04. The number of hydrogen-bond donors (Lipinski definition) is 2. The van der Waals surface area contributed by atoms with Crippen molar-refractivity contribution < 1.29 is 4.79 Å². The van der Waals surface area contributed by atoms with Gasteiger partial charge in [0.1, 0.15) is 4.88 Å². The van der Waals surface area contributed by atoms with Gasteiger partial charge in [0.05, 0.1) is 10.7 Å². The second kappa shape index (κ2) is 9.62. The smallest absolute Gasteiger partial charge is 0.263 e. The van der Waals surface area contributed by atoms with Gasteiger partial charge in [-0.3, -0.25) is 4.79 Å². The third kappa shape index (κ3) is 5.40. The summed E-state index contributed by atoms with van der Waals surface area (Å²) in [4.78, 5) is 17.5. The summed E-state index contributed by atoms with van der Waals surface area (Å²) in [7, 11) is 1.90. The fourth-order valence-electron chi connectivity index (χ4n) is 2.40. The van der Waals surface area contributed by atoms with Crippen LogP contribution in [0.25, 0.3) is 0 Å². The number of likely N-dealkylation sites (N-methyl/N-ethyl adjacent to an activating group) is 1. The van der Waals surface area contributed by atoms with Crippen LogP contribution < -0.4 is 10.6 Å². The van der Waals surface area contributed by atoms with E-state index in [9.17, 15) is 4.79 Å². The van der Waals surface area contributed by atoms with E-state index in [0.717, 1.165) is 15.6 Å². The molecular formula is C14H25Cl2N3OS. The second-order valence-corrected chi connectivity index (χ2v) is 6.38. The number of amides is 1. The summed E-state index contributed by atoms with van der Waals surface area (Å²) in [5.74, 6) is 0.600. The fraction of sp³-hybridized carbons (Fsp3) is 0.714. The van der Waals surface area contributed by atoms with E-state index in [-0.39, 0.29) is 36.8 Å². The molecule has 1 aromatic heterocycles. The van der Waals surface area contributed by atoms with E-state index in [0.29, 0.717) is 12.5 Å². The monoisotopic (exact) mass is 353 g/mol. The number of aryl methyl sites for hydroxylation is 1. The van der Waals surface area contributed by atoms with Crippen molar-refractivity contribution in [1.29, 1.82) is 0 Å². The van der Waals surface area contributed by atoms with E-state index in [4.69, 9.17) is 0 Å². The Labute approximate surface area is 143 Å². The predicted octanol–water partition coefficient (Wildman–Crippen LogP) is 3.29. The van der Waals surface area contributed by atoms with Crippen molar-refractivity contribution in [3.63, 3.8) is 0 Å². The Hall–Kier alpha value is -0.360. The summed E-state index contributed by atoms with van der Waals surface area (Å²) >= 11 is 1.58. The number of nitrogens with zero attached hydrogens (tertiary/aromatic N) is 1. The summed E-state index contributed by atoms with van der Waals surface area (Å²) in [6, 6.07) is 0.284. The van der Waals surface area contributed by atoms with E-state index < -0.39 is 0 Å². The lowest BCUT2D eigenvalue weighted by atomic mass is 10.1. The Morgan fingerprint density at radius 1 is 1.38 bits per heavy atom. The molecule has 0 aliphatic heterocycles. The molecule has 0 aromatic carbocycles. The van der Waals surface area contributed by atoms with Gasteiger partial charge >= 0.3 is 0 Å². The van der Waals surface area contributed by atoms with E-state index in [2.05, 4.69) is 15.6 Å². The highest BCUT2D eigenvalue weighted by molar-refractivity contribution is 7.13. The van der Waals surface area contributed by atoms with Crippen LogP contribution in [0.5, 0.6) is 0 Å². The molecule has 1 fully saturated rings. The van der Waals surface area contributed by atoms with Gasteiger partial charge in [0.2, 0.25) is 0 Å². The lowest BCUT2D eigenvalue weighted by molar-refractivity contribution is 0.0954. The van der Waals surface area contributed by atoms with Crippen LogP contribution in [0.3, 0.4) is 0 Å². The standard InChI is InChI=1S/C14H23N3OS.2ClH/c1-9(15-3)8-16-13(18)12-10(2)17-14(19-12)11-6-4-5-7-11;;/h9,11,15H,4-8H2,1-3H3,(H,16,18);2*1H. The number of aromatic nitrogens is 1. The van der Waals surface area contributed by atoms with Crippen molar-refractivity contribution in [3.05, 3.63) is 15.6 Å². The van der Waals surface area contributed by atoms with Crippen molar-refractivity contribution in [1.82, 2.24) is 15.6 Å². The van der Waals surface area contributed by atoms with E-state index >= 15 is 0 Å². The van der Waals surface area contributed by atoms with Crippen molar-refractivity contribution >= 4 is 42.1 Å². The van der Waals surface area contributed by atoms with Crippen molar-refractivity contribution in [2.75, 3.05) is 13.6 Å². The summed E-state index contributed by atoms with van der Waals surface area (Å²) in [6.07, 6.45) is 5.05. The molecule has 1 atom stereocenters. The molecule has 1 aliphatic rings. The summed E-state index contributed by atoms with van der Waals surface area (Å²) in [6.45, 7) is 4.63. The Kier molecular flexibility index (Phi) is 9.45. The van der Waals surface area contributed by atoms with Crippen LogP contribution >= 0.6 is 36.2 Å². The molecule has 1 saturated carbocycles. The van der Waals surface area contributed by atoms with Gasteiger partial charge in [0, 0.05) is 18.5 Å². The van der Waals surface area contributed by atoms with Crippen LogP contribution in [0.2, 0.25) is 0 Å². The Balaban J connectivity index is 0.00000200. The first-order valence-electron chi connectivity index (χ1n) is 7.04. The van der Waals surface area contributed by atoms with Gasteiger partial charge < -0.3 is 10.6 Å². The highest BCUT2D eigenvalue weighted by Gasteiger charge is 2.23. The summed E-state index contributed by atoms with van der Waals surface area (Å²) in [5.41, 5.74) is 0.876. The quantitative estimate of drug-likeness (QED) is 0.853. The molecule has 21 heavy (non-hydrogen) atoms. The molecule has 1 aromatic rings. The first-order chi connectivity index (χ1) is 9.11. The predicted molar refractivity (Wildman–Crippen MR) is 93.4 cm³/mol. The van der Waals surface area contributed by atoms with Crippen LogP contribution in [0.4, 0.5) is 0 Å². The minimum Gasteiger partial charge on any atom is -0.350 e. The molecule has 0 radical (unpaired) electrons. The number of carbonyl (C=O) groups is 1. The highest BCUT2D eigenvalue weighted by Crippen LogP contribution is 2.37. The Morgan fingerprint density at radius 2 is 2.00 bits per heavy atom. The Bertz CT molecular complexity index is 447. The van der Waals surface area contributed by atoms with Gasteiger partial charge in [-0.15, -0.1) is 36.2 Å². The largest absolute Gasteiger partial charge is 0.350 e. The lowest BCUT2D eigenvalue weighted by Gasteiger charge is -2.10. The van der Waals surface area contributed by atoms with Gasteiger partial charge in [-0.1, -0.05) is 12.8 Å². The molecule has 1 heterocycles. The second-order valence-electron chi connectivity index (χ2n) is 5.35. The first-order valence-corrected chi connectivity index (χ1v) is 7.86. The molecule has 1 amide bonds. The minimum absolute atomic E-state index is 0. The third-order valence-electron chi connectivity index (χ3n) is 3.79. The maximum absolute atomic E-state index is 12.1. The minimum atomic E-state index is 0. The van der Waals surface area contributed by atoms with Crippen LogP contribution in [-0.2, 0) is 0 Å². The number of nitrogens with one attached hydrogen (secondary N) is 2. The fourth-order valence-corrected chi connectivity index (χ4v) is 3.56. The molecule has 0 saturated heterocycles. The van der Waals surface area contributed by atoms with Crippen LogP contribution in [-0.4, -0.2) is 30.5 Å². The molecule has 1 aliphatic carbocycles. The molecule has 2 N–H and O–H groups in total. The number of hydrogen-bond acceptors (Lipinski definition) is 4. The molecule has 7 heteroatoms. The zero-order valence-corrected chi connectivity index (χ0v) is 15.2. The zero-order chi connectivity index (χ0) is 13.8. The average molecular weight is 354 g/mol. The van der Waals surface area contributed by atoms with Crippen LogP contribution in [0.15, 0.2) is 0 Å². The SMILES string of the molecule is CNC(C)CNC(=O)c1sc(C2CCCC2)nc1C.Cl.Cl. The van der Waals surface area contributed by atoms with E-state index in [1.807, 2.05) is 20.9 Å². The van der Waals surface area contributed by atoms with Gasteiger partial charge in [0.25, 0.3) is 5.91 Å². The van der Waals surface area contributed by atoms with Gasteiger partial charge in [0.15, 0.2) is 0 Å².